The number of carbonyl (C=O) groups excluding carboxylic acids is 1. The third-order valence-electron chi connectivity index (χ3n) is 4.91. The summed E-state index contributed by atoms with van der Waals surface area (Å²) < 4.78 is 28.1. The van der Waals surface area contributed by atoms with E-state index >= 15 is 0 Å². The lowest BCUT2D eigenvalue weighted by Crippen LogP contribution is -2.54. The van der Waals surface area contributed by atoms with E-state index in [1.54, 1.807) is 6.07 Å². The summed E-state index contributed by atoms with van der Waals surface area (Å²) in [7, 11) is -3.70. The van der Waals surface area contributed by atoms with Crippen LogP contribution in [0, 0.1) is 0 Å². The van der Waals surface area contributed by atoms with Crippen LogP contribution in [0.4, 0.5) is 4.79 Å². The Balaban J connectivity index is 1.61. The Hall–Kier alpha value is -1.80. The molecule has 0 aromatic heterocycles. The van der Waals surface area contributed by atoms with E-state index in [0.717, 1.165) is 18.4 Å². The molecule has 3 rings (SSSR count). The second-order valence-electron chi connectivity index (χ2n) is 6.99. The van der Waals surface area contributed by atoms with E-state index in [2.05, 4.69) is 15.4 Å². The van der Waals surface area contributed by atoms with Crippen LogP contribution >= 0.6 is 23.2 Å². The van der Waals surface area contributed by atoms with Gasteiger partial charge < -0.3 is 10.6 Å². The first-order valence-corrected chi connectivity index (χ1v) is 11.6. The Kier molecular flexibility index (Phi) is 7.40. The van der Waals surface area contributed by atoms with Gasteiger partial charge >= 0.3 is 6.03 Å². The van der Waals surface area contributed by atoms with Crippen molar-refractivity contribution < 1.29 is 13.2 Å². The van der Waals surface area contributed by atoms with Crippen LogP contribution in [0.15, 0.2) is 53.4 Å². The molecule has 0 aliphatic heterocycles. The molecule has 0 radical (unpaired) electrons. The van der Waals surface area contributed by atoms with Gasteiger partial charge in [-0.05, 0) is 48.7 Å². The lowest BCUT2D eigenvalue weighted by atomic mass is 9.91. The van der Waals surface area contributed by atoms with Crippen molar-refractivity contribution in [2.24, 2.45) is 0 Å². The van der Waals surface area contributed by atoms with E-state index in [1.807, 2.05) is 18.2 Å². The molecule has 29 heavy (non-hydrogen) atoms. The molecule has 2 unspecified atom stereocenters. The maximum absolute atomic E-state index is 12.7. The Morgan fingerprint density at radius 1 is 0.966 bits per heavy atom. The lowest BCUT2D eigenvalue weighted by molar-refractivity contribution is 0.227. The molecule has 156 valence electrons. The van der Waals surface area contributed by atoms with Gasteiger partial charge in [-0.15, -0.1) is 0 Å². The summed E-state index contributed by atoms with van der Waals surface area (Å²) in [6.45, 7) is 0.291. The van der Waals surface area contributed by atoms with E-state index in [4.69, 9.17) is 23.2 Å². The highest BCUT2D eigenvalue weighted by atomic mass is 35.5. The quantitative estimate of drug-likeness (QED) is 0.612. The molecule has 0 heterocycles. The van der Waals surface area contributed by atoms with Gasteiger partial charge in [0.05, 0.1) is 4.90 Å². The highest BCUT2D eigenvalue weighted by Crippen LogP contribution is 2.22. The first kappa shape index (κ1) is 21.9. The fraction of sp³-hybridized carbons (Fsp3) is 0.350. The Labute approximate surface area is 181 Å². The van der Waals surface area contributed by atoms with Crippen molar-refractivity contribution in [3.05, 3.63) is 64.1 Å². The third kappa shape index (κ3) is 6.09. The maximum atomic E-state index is 12.7. The average Bonchev–Trinajstić information content (AvgIpc) is 2.69. The smallest absolute Gasteiger partial charge is 0.315 e. The van der Waals surface area contributed by atoms with Gasteiger partial charge in [0.2, 0.25) is 10.0 Å². The predicted octanol–water partition coefficient (Wildman–Crippen LogP) is 4.08. The fourth-order valence-electron chi connectivity index (χ4n) is 3.36. The first-order valence-electron chi connectivity index (χ1n) is 9.41. The van der Waals surface area contributed by atoms with Crippen LogP contribution in [0.3, 0.4) is 0 Å². The summed E-state index contributed by atoms with van der Waals surface area (Å²) in [4.78, 5) is 12.5. The fourth-order valence-corrected chi connectivity index (χ4v) is 5.00. The van der Waals surface area contributed by atoms with Gasteiger partial charge in [-0.3, -0.25) is 0 Å². The van der Waals surface area contributed by atoms with Crippen molar-refractivity contribution in [2.75, 3.05) is 0 Å². The molecule has 1 aliphatic rings. The number of hydrogen-bond acceptors (Lipinski definition) is 3. The zero-order valence-corrected chi connectivity index (χ0v) is 18.0. The molecule has 2 aromatic rings. The predicted molar refractivity (Wildman–Crippen MR) is 115 cm³/mol. The van der Waals surface area contributed by atoms with Crippen LogP contribution in [0.25, 0.3) is 0 Å². The summed E-state index contributed by atoms with van der Waals surface area (Å²) in [5.41, 5.74) is 0.813. The van der Waals surface area contributed by atoms with E-state index in [9.17, 15) is 13.2 Å². The van der Waals surface area contributed by atoms with Crippen molar-refractivity contribution >= 4 is 39.3 Å². The van der Waals surface area contributed by atoms with E-state index in [0.29, 0.717) is 29.4 Å². The molecule has 1 aliphatic carbocycles. The van der Waals surface area contributed by atoms with Gasteiger partial charge in [0.1, 0.15) is 0 Å². The minimum absolute atomic E-state index is 0.148. The highest BCUT2D eigenvalue weighted by molar-refractivity contribution is 7.89. The number of sulfonamides is 1. The van der Waals surface area contributed by atoms with Crippen LogP contribution in [-0.2, 0) is 16.6 Å². The van der Waals surface area contributed by atoms with Crippen LogP contribution in [0.2, 0.25) is 10.0 Å². The number of nitrogens with one attached hydrogen (secondary N) is 3. The molecule has 3 N–H and O–H groups in total. The second-order valence-corrected chi connectivity index (χ2v) is 9.55. The third-order valence-corrected chi connectivity index (χ3v) is 7.04. The molecule has 1 saturated carbocycles. The van der Waals surface area contributed by atoms with Gasteiger partial charge in [0.15, 0.2) is 0 Å². The summed E-state index contributed by atoms with van der Waals surface area (Å²) >= 11 is 11.9. The van der Waals surface area contributed by atoms with Gasteiger partial charge in [0, 0.05) is 28.7 Å². The molecular formula is C20H23Cl2N3O3S. The number of benzene rings is 2. The van der Waals surface area contributed by atoms with Gasteiger partial charge in [-0.2, -0.15) is 0 Å². The molecule has 0 bridgehead atoms. The van der Waals surface area contributed by atoms with Crippen molar-refractivity contribution in [2.45, 2.75) is 49.2 Å². The SMILES string of the molecule is O=C(NCc1ccccc1Cl)NC1CCCCC1NS(=O)(=O)c1ccc(Cl)cc1. The molecule has 2 atom stereocenters. The molecule has 9 heteroatoms. The molecular weight excluding hydrogens is 433 g/mol. The maximum Gasteiger partial charge on any atom is 0.315 e. The molecule has 1 fully saturated rings. The van der Waals surface area contributed by atoms with Gasteiger partial charge in [-0.1, -0.05) is 54.2 Å². The number of carbonyl (C=O) groups is 1. The number of urea groups is 1. The number of halogens is 2. The largest absolute Gasteiger partial charge is 0.334 e. The van der Waals surface area contributed by atoms with Crippen molar-refractivity contribution in [1.29, 1.82) is 0 Å². The van der Waals surface area contributed by atoms with Crippen LogP contribution in [0.1, 0.15) is 31.2 Å². The average molecular weight is 456 g/mol. The molecule has 6 nitrogen and oxygen atoms in total. The lowest BCUT2D eigenvalue weighted by Gasteiger charge is -2.32. The minimum atomic E-state index is -3.70. The molecule has 2 amide bonds. The Morgan fingerprint density at radius 3 is 2.31 bits per heavy atom. The summed E-state index contributed by atoms with van der Waals surface area (Å²) in [5, 5.41) is 6.73. The van der Waals surface area contributed by atoms with E-state index in [1.165, 1.54) is 24.3 Å². The summed E-state index contributed by atoms with van der Waals surface area (Å²) in [5.74, 6) is 0. The monoisotopic (exact) mass is 455 g/mol. The highest BCUT2D eigenvalue weighted by Gasteiger charge is 2.30. The Morgan fingerprint density at radius 2 is 1.62 bits per heavy atom. The van der Waals surface area contributed by atoms with Gasteiger partial charge in [-0.25, -0.2) is 17.9 Å². The van der Waals surface area contributed by atoms with Crippen molar-refractivity contribution in [3.63, 3.8) is 0 Å². The van der Waals surface area contributed by atoms with Crippen molar-refractivity contribution in [3.8, 4) is 0 Å². The first-order chi connectivity index (χ1) is 13.8. The second kappa shape index (κ2) is 9.80. The standard InChI is InChI=1S/C20H23Cl2N3O3S/c21-15-9-11-16(12-10-15)29(27,28)25-19-8-4-3-7-18(19)24-20(26)23-13-14-5-1-2-6-17(14)22/h1-2,5-6,9-12,18-19,25H,3-4,7-8,13H2,(H2,23,24,26). The normalized spacial score (nSPS) is 19.5. The molecule has 2 aromatic carbocycles. The zero-order valence-electron chi connectivity index (χ0n) is 15.7. The van der Waals surface area contributed by atoms with E-state index in [-0.39, 0.29) is 23.0 Å². The van der Waals surface area contributed by atoms with Crippen LogP contribution in [-0.4, -0.2) is 26.5 Å². The zero-order chi connectivity index (χ0) is 20.9. The number of amides is 2. The number of hydrogen-bond donors (Lipinski definition) is 3. The summed E-state index contributed by atoms with van der Waals surface area (Å²) in [6, 6.07) is 12.3. The summed E-state index contributed by atoms with van der Waals surface area (Å²) in [6.07, 6.45) is 3.18. The topological polar surface area (TPSA) is 87.3 Å². The Bertz CT molecular complexity index is 952. The molecule has 0 saturated heterocycles. The van der Waals surface area contributed by atoms with Crippen LogP contribution < -0.4 is 15.4 Å². The number of rotatable bonds is 6. The van der Waals surface area contributed by atoms with Gasteiger partial charge in [0.25, 0.3) is 0 Å². The van der Waals surface area contributed by atoms with Crippen LogP contribution in [0.5, 0.6) is 0 Å². The molecule has 0 spiro atoms. The minimum Gasteiger partial charge on any atom is -0.334 e. The van der Waals surface area contributed by atoms with E-state index < -0.39 is 10.0 Å². The van der Waals surface area contributed by atoms with Crippen molar-refractivity contribution in [1.82, 2.24) is 15.4 Å².